The molecule has 0 saturated heterocycles. The van der Waals surface area contributed by atoms with Crippen LogP contribution in [0.15, 0.2) is 10.7 Å². The van der Waals surface area contributed by atoms with Gasteiger partial charge in [-0.3, -0.25) is 4.79 Å². The van der Waals surface area contributed by atoms with Crippen molar-refractivity contribution in [2.75, 3.05) is 18.5 Å². The number of hydrogen-bond donors (Lipinski definition) is 1. The lowest BCUT2D eigenvalue weighted by atomic mass is 10.3. The second-order valence-electron chi connectivity index (χ2n) is 5.26. The molecule has 2 rings (SSSR count). The Labute approximate surface area is 121 Å². The molecule has 1 amide bonds. The highest BCUT2D eigenvalue weighted by Gasteiger charge is 2.27. The molecule has 6 heteroatoms. The third kappa shape index (κ3) is 4.16. The molecule has 0 aliphatic heterocycles. The normalized spacial score (nSPS) is 14.6. The van der Waals surface area contributed by atoms with Crippen LogP contribution in [0.4, 0.5) is 5.82 Å². The smallest absolute Gasteiger partial charge is 0.239 e. The molecular formula is C13H19BrN4O. The fourth-order valence-electron chi connectivity index (χ4n) is 1.81. The Morgan fingerprint density at radius 1 is 1.53 bits per heavy atom. The Morgan fingerprint density at radius 2 is 2.21 bits per heavy atom. The monoisotopic (exact) mass is 326 g/mol. The first-order chi connectivity index (χ1) is 8.95. The van der Waals surface area contributed by atoms with Crippen molar-refractivity contribution in [3.8, 4) is 0 Å². The topological polar surface area (TPSA) is 58.1 Å². The molecule has 1 fully saturated rings. The number of nitrogens with one attached hydrogen (secondary N) is 1. The SMILES string of the molecule is CC(C)NC(=O)CN(C)c1cc(Br)nc(C2CC2)n1. The largest absolute Gasteiger partial charge is 0.352 e. The summed E-state index contributed by atoms with van der Waals surface area (Å²) in [5, 5.41) is 2.87. The summed E-state index contributed by atoms with van der Waals surface area (Å²) < 4.78 is 0.774. The summed E-state index contributed by atoms with van der Waals surface area (Å²) in [6.07, 6.45) is 2.32. The Morgan fingerprint density at radius 3 is 2.79 bits per heavy atom. The zero-order valence-electron chi connectivity index (χ0n) is 11.5. The van der Waals surface area contributed by atoms with Crippen LogP contribution >= 0.6 is 15.9 Å². The van der Waals surface area contributed by atoms with E-state index in [4.69, 9.17) is 0 Å². The summed E-state index contributed by atoms with van der Waals surface area (Å²) in [7, 11) is 1.87. The van der Waals surface area contributed by atoms with Gasteiger partial charge >= 0.3 is 0 Å². The minimum absolute atomic E-state index is 0.000191. The van der Waals surface area contributed by atoms with Crippen molar-refractivity contribution in [3.63, 3.8) is 0 Å². The average Bonchev–Trinajstić information content (AvgIpc) is 3.10. The lowest BCUT2D eigenvalue weighted by molar-refractivity contribution is -0.120. The maximum Gasteiger partial charge on any atom is 0.239 e. The molecular weight excluding hydrogens is 308 g/mol. The van der Waals surface area contributed by atoms with E-state index < -0.39 is 0 Å². The Balaban J connectivity index is 2.05. The number of carbonyl (C=O) groups excluding carboxylic acids is 1. The van der Waals surface area contributed by atoms with Crippen molar-refractivity contribution >= 4 is 27.7 Å². The van der Waals surface area contributed by atoms with Gasteiger partial charge in [0.2, 0.25) is 5.91 Å². The number of halogens is 1. The molecule has 1 saturated carbocycles. The highest BCUT2D eigenvalue weighted by atomic mass is 79.9. The van der Waals surface area contributed by atoms with E-state index in [0.717, 1.165) is 29.1 Å². The molecule has 0 radical (unpaired) electrons. The van der Waals surface area contributed by atoms with Crippen LogP contribution < -0.4 is 10.2 Å². The van der Waals surface area contributed by atoms with Gasteiger partial charge in [0.15, 0.2) is 0 Å². The quantitative estimate of drug-likeness (QED) is 0.841. The van der Waals surface area contributed by atoms with Crippen LogP contribution in [0.3, 0.4) is 0 Å². The summed E-state index contributed by atoms with van der Waals surface area (Å²) >= 11 is 3.41. The standard InChI is InChI=1S/C13H19BrN4O/c1-8(2)15-12(19)7-18(3)11-6-10(14)16-13(17-11)9-4-5-9/h6,8-9H,4-5,7H2,1-3H3,(H,15,19). The first-order valence-electron chi connectivity index (χ1n) is 6.50. The molecule has 5 nitrogen and oxygen atoms in total. The molecule has 104 valence electrons. The van der Waals surface area contributed by atoms with Crippen molar-refractivity contribution < 1.29 is 4.79 Å². The predicted octanol–water partition coefficient (Wildman–Crippen LogP) is 2.08. The fraction of sp³-hybridized carbons (Fsp3) is 0.615. The minimum Gasteiger partial charge on any atom is -0.352 e. The van der Waals surface area contributed by atoms with E-state index in [1.165, 1.54) is 0 Å². The molecule has 19 heavy (non-hydrogen) atoms. The zero-order valence-corrected chi connectivity index (χ0v) is 13.1. The fourth-order valence-corrected chi connectivity index (χ4v) is 2.19. The van der Waals surface area contributed by atoms with E-state index in [-0.39, 0.29) is 11.9 Å². The summed E-state index contributed by atoms with van der Waals surface area (Å²) in [4.78, 5) is 22.5. The lowest BCUT2D eigenvalue weighted by Gasteiger charge is -2.19. The van der Waals surface area contributed by atoms with Crippen LogP contribution in [0, 0.1) is 0 Å². The Bertz CT molecular complexity index is 474. The van der Waals surface area contributed by atoms with Gasteiger partial charge in [-0.05, 0) is 42.6 Å². The zero-order chi connectivity index (χ0) is 14.0. The van der Waals surface area contributed by atoms with Crippen LogP contribution in [0.1, 0.15) is 38.4 Å². The second kappa shape index (κ2) is 5.86. The van der Waals surface area contributed by atoms with Crippen LogP contribution in [0.5, 0.6) is 0 Å². The van der Waals surface area contributed by atoms with Crippen LogP contribution in [0.2, 0.25) is 0 Å². The van der Waals surface area contributed by atoms with Gasteiger partial charge < -0.3 is 10.2 Å². The van der Waals surface area contributed by atoms with Gasteiger partial charge in [0.25, 0.3) is 0 Å². The van der Waals surface area contributed by atoms with E-state index in [2.05, 4.69) is 31.2 Å². The van der Waals surface area contributed by atoms with Gasteiger partial charge in [0.1, 0.15) is 16.2 Å². The number of amides is 1. The van der Waals surface area contributed by atoms with Crippen LogP contribution in [-0.2, 0) is 4.79 Å². The number of carbonyl (C=O) groups is 1. The maximum atomic E-state index is 11.7. The summed E-state index contributed by atoms with van der Waals surface area (Å²) in [6, 6.07) is 1.99. The summed E-state index contributed by atoms with van der Waals surface area (Å²) in [5.74, 6) is 2.15. The average molecular weight is 327 g/mol. The minimum atomic E-state index is 0.000191. The van der Waals surface area contributed by atoms with Crippen molar-refractivity contribution in [1.82, 2.24) is 15.3 Å². The number of rotatable bonds is 5. The number of aromatic nitrogens is 2. The van der Waals surface area contributed by atoms with Gasteiger partial charge in [-0.1, -0.05) is 0 Å². The molecule has 1 aromatic rings. The van der Waals surface area contributed by atoms with Crippen LogP contribution in [-0.4, -0.2) is 35.5 Å². The number of nitrogens with zero attached hydrogens (tertiary/aromatic N) is 3. The molecule has 1 N–H and O–H groups in total. The molecule has 1 aromatic heterocycles. The maximum absolute atomic E-state index is 11.7. The Kier molecular flexibility index (Phi) is 4.39. The molecule has 0 aromatic carbocycles. The van der Waals surface area contributed by atoms with Crippen LogP contribution in [0.25, 0.3) is 0 Å². The number of hydrogen-bond acceptors (Lipinski definition) is 4. The first kappa shape index (κ1) is 14.2. The molecule has 0 bridgehead atoms. The van der Waals surface area contributed by atoms with Gasteiger partial charge in [0, 0.05) is 25.1 Å². The molecule has 1 aliphatic carbocycles. The molecule has 0 atom stereocenters. The highest BCUT2D eigenvalue weighted by Crippen LogP contribution is 2.39. The van der Waals surface area contributed by atoms with Gasteiger partial charge in [-0.25, -0.2) is 9.97 Å². The van der Waals surface area contributed by atoms with E-state index >= 15 is 0 Å². The lowest BCUT2D eigenvalue weighted by Crippen LogP contribution is -2.38. The third-order valence-electron chi connectivity index (χ3n) is 2.86. The van der Waals surface area contributed by atoms with Crippen molar-refractivity contribution in [2.45, 2.75) is 38.6 Å². The summed E-state index contributed by atoms with van der Waals surface area (Å²) in [6.45, 7) is 4.19. The summed E-state index contributed by atoms with van der Waals surface area (Å²) in [5.41, 5.74) is 0. The number of anilines is 1. The molecule has 1 aliphatic rings. The van der Waals surface area contributed by atoms with E-state index in [1.807, 2.05) is 31.9 Å². The van der Waals surface area contributed by atoms with Crippen molar-refractivity contribution in [3.05, 3.63) is 16.5 Å². The van der Waals surface area contributed by atoms with E-state index in [9.17, 15) is 4.79 Å². The van der Waals surface area contributed by atoms with Gasteiger partial charge in [0.05, 0.1) is 6.54 Å². The van der Waals surface area contributed by atoms with E-state index in [1.54, 1.807) is 0 Å². The Hall–Kier alpha value is -1.17. The van der Waals surface area contributed by atoms with Gasteiger partial charge in [-0.15, -0.1) is 0 Å². The number of likely N-dealkylation sites (N-methyl/N-ethyl adjacent to an activating group) is 1. The van der Waals surface area contributed by atoms with E-state index in [0.29, 0.717) is 12.5 Å². The highest BCUT2D eigenvalue weighted by molar-refractivity contribution is 9.10. The molecule has 1 heterocycles. The van der Waals surface area contributed by atoms with Crippen molar-refractivity contribution in [1.29, 1.82) is 0 Å². The van der Waals surface area contributed by atoms with Gasteiger partial charge in [-0.2, -0.15) is 0 Å². The second-order valence-corrected chi connectivity index (χ2v) is 6.07. The third-order valence-corrected chi connectivity index (χ3v) is 3.27. The first-order valence-corrected chi connectivity index (χ1v) is 7.30. The predicted molar refractivity (Wildman–Crippen MR) is 78.3 cm³/mol. The van der Waals surface area contributed by atoms with Crippen molar-refractivity contribution in [2.24, 2.45) is 0 Å². The molecule has 0 spiro atoms. The molecule has 0 unspecified atom stereocenters.